The molecule has 17 heavy (non-hydrogen) atoms. The zero-order chi connectivity index (χ0) is 12.3. The lowest BCUT2D eigenvalue weighted by atomic mass is 10.1. The number of hydrogen-bond donors (Lipinski definition) is 0. The van der Waals surface area contributed by atoms with Gasteiger partial charge in [-0.2, -0.15) is 0 Å². The van der Waals surface area contributed by atoms with Crippen LogP contribution < -0.4 is 0 Å². The van der Waals surface area contributed by atoms with Crippen LogP contribution in [0.2, 0.25) is 0 Å². The fraction of sp³-hybridized carbons (Fsp3) is 0.462. The van der Waals surface area contributed by atoms with Crippen molar-refractivity contribution in [3.05, 3.63) is 35.6 Å². The van der Waals surface area contributed by atoms with E-state index in [9.17, 15) is 9.18 Å². The molecular weight excluding hydrogens is 221 g/mol. The summed E-state index contributed by atoms with van der Waals surface area (Å²) in [5.41, 5.74) is 0.561. The van der Waals surface area contributed by atoms with E-state index in [2.05, 4.69) is 4.90 Å². The minimum absolute atomic E-state index is 0.0269. The van der Waals surface area contributed by atoms with E-state index in [4.69, 9.17) is 4.74 Å². The van der Waals surface area contributed by atoms with Gasteiger partial charge in [0.15, 0.2) is 5.78 Å². The third kappa shape index (κ3) is 3.35. The molecule has 92 valence electrons. The van der Waals surface area contributed by atoms with Crippen molar-refractivity contribution in [1.29, 1.82) is 0 Å². The maximum absolute atomic E-state index is 12.7. The Morgan fingerprint density at radius 2 is 2.18 bits per heavy atom. The lowest BCUT2D eigenvalue weighted by Crippen LogP contribution is -2.43. The molecule has 1 aromatic carbocycles. The Balaban J connectivity index is 1.94. The third-order valence-electron chi connectivity index (χ3n) is 2.86. The first kappa shape index (κ1) is 12.2. The Kier molecular flexibility index (Phi) is 3.86. The molecular formula is C13H16FNO2. The maximum atomic E-state index is 12.7. The molecule has 1 fully saturated rings. The van der Waals surface area contributed by atoms with Crippen LogP contribution in [0.1, 0.15) is 17.3 Å². The highest BCUT2D eigenvalue weighted by atomic mass is 19.1. The minimum Gasteiger partial charge on any atom is -0.376 e. The number of halogens is 1. The fourth-order valence-corrected chi connectivity index (χ4v) is 1.96. The minimum atomic E-state index is -0.318. The first-order chi connectivity index (χ1) is 8.15. The summed E-state index contributed by atoms with van der Waals surface area (Å²) in [4.78, 5) is 14.0. The van der Waals surface area contributed by atoms with Gasteiger partial charge < -0.3 is 4.74 Å². The van der Waals surface area contributed by atoms with Crippen LogP contribution in [0.25, 0.3) is 0 Å². The molecule has 1 saturated heterocycles. The number of ether oxygens (including phenoxy) is 1. The summed E-state index contributed by atoms with van der Waals surface area (Å²) in [6, 6.07) is 5.69. The van der Waals surface area contributed by atoms with Crippen LogP contribution in [0.4, 0.5) is 4.39 Å². The number of morpholine rings is 1. The number of hydrogen-bond acceptors (Lipinski definition) is 3. The van der Waals surface area contributed by atoms with Crippen molar-refractivity contribution in [3.63, 3.8) is 0 Å². The molecule has 1 aliphatic heterocycles. The van der Waals surface area contributed by atoms with Crippen molar-refractivity contribution in [2.75, 3.05) is 26.2 Å². The standard InChI is InChI=1S/C13H16FNO2/c1-10-8-15(6-7-17-10)9-13(16)11-2-4-12(14)5-3-11/h2-5,10H,6-9H2,1H3. The molecule has 1 aliphatic rings. The number of carbonyl (C=O) groups is 1. The van der Waals surface area contributed by atoms with Crippen molar-refractivity contribution >= 4 is 5.78 Å². The highest BCUT2D eigenvalue weighted by molar-refractivity contribution is 5.97. The summed E-state index contributed by atoms with van der Waals surface area (Å²) in [7, 11) is 0. The van der Waals surface area contributed by atoms with Crippen molar-refractivity contribution in [2.24, 2.45) is 0 Å². The predicted molar refractivity (Wildman–Crippen MR) is 62.6 cm³/mol. The quantitative estimate of drug-likeness (QED) is 0.750. The first-order valence-corrected chi connectivity index (χ1v) is 5.78. The van der Waals surface area contributed by atoms with Gasteiger partial charge in [0.05, 0.1) is 19.3 Å². The van der Waals surface area contributed by atoms with E-state index in [-0.39, 0.29) is 17.7 Å². The topological polar surface area (TPSA) is 29.5 Å². The number of Topliss-reactive ketones (excluding diaryl/α,β-unsaturated/α-hetero) is 1. The van der Waals surface area contributed by atoms with Crippen LogP contribution in [0.3, 0.4) is 0 Å². The van der Waals surface area contributed by atoms with Crippen LogP contribution in [0.15, 0.2) is 24.3 Å². The van der Waals surface area contributed by atoms with Gasteiger partial charge in [0.25, 0.3) is 0 Å². The second-order valence-electron chi connectivity index (χ2n) is 4.35. The molecule has 0 spiro atoms. The molecule has 0 aromatic heterocycles. The monoisotopic (exact) mass is 237 g/mol. The first-order valence-electron chi connectivity index (χ1n) is 5.78. The number of rotatable bonds is 3. The molecule has 0 radical (unpaired) electrons. The van der Waals surface area contributed by atoms with Crippen LogP contribution in [-0.2, 0) is 4.74 Å². The molecule has 2 rings (SSSR count). The average molecular weight is 237 g/mol. The molecule has 1 unspecified atom stereocenters. The normalized spacial score (nSPS) is 21.4. The highest BCUT2D eigenvalue weighted by Crippen LogP contribution is 2.08. The number of nitrogens with zero attached hydrogens (tertiary/aromatic N) is 1. The number of ketones is 1. The van der Waals surface area contributed by atoms with Crippen molar-refractivity contribution in [3.8, 4) is 0 Å². The zero-order valence-corrected chi connectivity index (χ0v) is 9.86. The Bertz CT molecular complexity index is 391. The van der Waals surface area contributed by atoms with Gasteiger partial charge in [0, 0.05) is 18.7 Å². The van der Waals surface area contributed by atoms with Gasteiger partial charge >= 0.3 is 0 Å². The van der Waals surface area contributed by atoms with Gasteiger partial charge in [-0.3, -0.25) is 9.69 Å². The summed E-state index contributed by atoms with van der Waals surface area (Å²) >= 11 is 0. The van der Waals surface area contributed by atoms with Crippen molar-refractivity contribution < 1.29 is 13.9 Å². The van der Waals surface area contributed by atoms with E-state index < -0.39 is 0 Å². The Morgan fingerprint density at radius 1 is 1.47 bits per heavy atom. The van der Waals surface area contributed by atoms with Gasteiger partial charge in [-0.15, -0.1) is 0 Å². The fourth-order valence-electron chi connectivity index (χ4n) is 1.96. The van der Waals surface area contributed by atoms with E-state index >= 15 is 0 Å². The van der Waals surface area contributed by atoms with E-state index in [0.717, 1.165) is 13.1 Å². The maximum Gasteiger partial charge on any atom is 0.176 e. The molecule has 4 heteroatoms. The molecule has 0 aliphatic carbocycles. The molecule has 0 amide bonds. The summed E-state index contributed by atoms with van der Waals surface area (Å²) in [5.74, 6) is -0.291. The summed E-state index contributed by atoms with van der Waals surface area (Å²) in [6.07, 6.45) is 0.171. The molecule has 0 saturated carbocycles. The lowest BCUT2D eigenvalue weighted by Gasteiger charge is -2.30. The lowest BCUT2D eigenvalue weighted by molar-refractivity contribution is -0.0158. The van der Waals surface area contributed by atoms with Gasteiger partial charge in [-0.1, -0.05) is 0 Å². The van der Waals surface area contributed by atoms with Crippen molar-refractivity contribution in [1.82, 2.24) is 4.90 Å². The number of carbonyl (C=O) groups excluding carboxylic acids is 1. The molecule has 1 atom stereocenters. The Morgan fingerprint density at radius 3 is 2.82 bits per heavy atom. The molecule has 0 bridgehead atoms. The van der Waals surface area contributed by atoms with E-state index in [1.807, 2.05) is 6.92 Å². The molecule has 0 N–H and O–H groups in total. The van der Waals surface area contributed by atoms with Gasteiger partial charge in [0.2, 0.25) is 0 Å². The summed E-state index contributed by atoms with van der Waals surface area (Å²) in [6.45, 7) is 4.58. The summed E-state index contributed by atoms with van der Waals surface area (Å²) in [5, 5.41) is 0. The smallest absolute Gasteiger partial charge is 0.176 e. The van der Waals surface area contributed by atoms with Gasteiger partial charge in [-0.05, 0) is 31.2 Å². The SMILES string of the molecule is CC1CN(CC(=O)c2ccc(F)cc2)CCO1. The third-order valence-corrected chi connectivity index (χ3v) is 2.86. The second kappa shape index (κ2) is 5.38. The molecule has 3 nitrogen and oxygen atoms in total. The van der Waals surface area contributed by atoms with Gasteiger partial charge in [-0.25, -0.2) is 4.39 Å². The largest absolute Gasteiger partial charge is 0.376 e. The molecule has 1 heterocycles. The average Bonchev–Trinajstić information content (AvgIpc) is 2.29. The van der Waals surface area contributed by atoms with Gasteiger partial charge in [0.1, 0.15) is 5.82 Å². The van der Waals surface area contributed by atoms with E-state index in [0.29, 0.717) is 18.7 Å². The zero-order valence-electron chi connectivity index (χ0n) is 9.86. The highest BCUT2D eigenvalue weighted by Gasteiger charge is 2.19. The second-order valence-corrected chi connectivity index (χ2v) is 4.35. The van der Waals surface area contributed by atoms with E-state index in [1.54, 1.807) is 0 Å². The summed E-state index contributed by atoms with van der Waals surface area (Å²) < 4.78 is 18.1. The Labute approximate surface area is 100 Å². The van der Waals surface area contributed by atoms with E-state index in [1.165, 1.54) is 24.3 Å². The Hall–Kier alpha value is -1.26. The predicted octanol–water partition coefficient (Wildman–Crippen LogP) is 1.73. The van der Waals surface area contributed by atoms with Crippen LogP contribution >= 0.6 is 0 Å². The van der Waals surface area contributed by atoms with Crippen LogP contribution in [-0.4, -0.2) is 43.0 Å². The molecule has 1 aromatic rings. The van der Waals surface area contributed by atoms with Crippen LogP contribution in [0.5, 0.6) is 0 Å². The van der Waals surface area contributed by atoms with Crippen molar-refractivity contribution in [2.45, 2.75) is 13.0 Å². The number of benzene rings is 1. The van der Waals surface area contributed by atoms with Crippen LogP contribution in [0, 0.1) is 5.82 Å².